The Balaban J connectivity index is 1.52. The van der Waals surface area contributed by atoms with Crippen LogP contribution in [0, 0.1) is 0 Å². The van der Waals surface area contributed by atoms with Crippen LogP contribution < -0.4 is 0 Å². The number of nitrogens with zero attached hydrogens (tertiary/aromatic N) is 2. The van der Waals surface area contributed by atoms with Crippen LogP contribution in [0.1, 0.15) is 43.7 Å². The number of benzene rings is 2. The highest BCUT2D eigenvalue weighted by Gasteiger charge is 2.37. The molecule has 190 valence electrons. The van der Waals surface area contributed by atoms with Crippen LogP contribution in [0.5, 0.6) is 0 Å². The molecule has 0 spiro atoms. The first kappa shape index (κ1) is 27.1. The lowest BCUT2D eigenvalue weighted by molar-refractivity contribution is -0.154. The highest BCUT2D eigenvalue weighted by Crippen LogP contribution is 2.50. The van der Waals surface area contributed by atoms with Gasteiger partial charge in [-0.2, -0.15) is 0 Å². The molecule has 8 heteroatoms. The van der Waals surface area contributed by atoms with Crippen LogP contribution in [0.25, 0.3) is 0 Å². The van der Waals surface area contributed by atoms with E-state index in [2.05, 4.69) is 12.1 Å². The van der Waals surface area contributed by atoms with E-state index in [0.29, 0.717) is 25.7 Å². The first-order chi connectivity index (χ1) is 16.9. The minimum Gasteiger partial charge on any atom is -0.459 e. The summed E-state index contributed by atoms with van der Waals surface area (Å²) in [6.45, 7) is 2.74. The molecule has 2 aromatic carbocycles. The monoisotopic (exact) mass is 500 g/mol. The van der Waals surface area contributed by atoms with Crippen LogP contribution in [0.4, 0.5) is 0 Å². The number of likely N-dealkylation sites (N-methyl/N-ethyl adjacent to an activating group) is 1. The molecule has 0 bridgehead atoms. The fourth-order valence-electron chi connectivity index (χ4n) is 4.35. The van der Waals surface area contributed by atoms with E-state index in [1.807, 2.05) is 55.5 Å². The van der Waals surface area contributed by atoms with Crippen LogP contribution in [-0.4, -0.2) is 60.4 Å². The number of esters is 1. The zero-order valence-corrected chi connectivity index (χ0v) is 21.7. The minimum absolute atomic E-state index is 0.0571. The van der Waals surface area contributed by atoms with Crippen molar-refractivity contribution < 1.29 is 23.4 Å². The largest absolute Gasteiger partial charge is 0.459 e. The van der Waals surface area contributed by atoms with Gasteiger partial charge >= 0.3 is 5.97 Å². The number of aryl methyl sites for hydroxylation is 1. The van der Waals surface area contributed by atoms with Crippen molar-refractivity contribution in [1.82, 2.24) is 9.57 Å². The van der Waals surface area contributed by atoms with Crippen LogP contribution in [0.3, 0.4) is 0 Å². The van der Waals surface area contributed by atoms with Gasteiger partial charge in [0.25, 0.3) is 7.52 Å². The standard InChI is InChI=1S/C27H37N2O5P/c1-3-34-35(32,20-11-10-15-23-13-6-4-7-14-23)28(2)21-26(30)29-19-12-18-25(29)27(31)33-22-24-16-8-5-9-17-24/h4-9,13-14,16-17,25H,3,10-12,15,18-22H2,1-2H3/t25-,35?/m0/s1. The molecule has 7 nitrogen and oxygen atoms in total. The molecule has 35 heavy (non-hydrogen) atoms. The molecule has 1 fully saturated rings. The molecule has 1 aliphatic heterocycles. The van der Waals surface area contributed by atoms with Gasteiger partial charge in [0.2, 0.25) is 5.91 Å². The van der Waals surface area contributed by atoms with Crippen molar-refractivity contribution in [3.63, 3.8) is 0 Å². The van der Waals surface area contributed by atoms with Crippen molar-refractivity contribution in [3.8, 4) is 0 Å². The molecule has 1 saturated heterocycles. The molecule has 0 aromatic heterocycles. The Hall–Kier alpha value is -2.47. The van der Waals surface area contributed by atoms with Crippen molar-refractivity contribution >= 4 is 19.4 Å². The van der Waals surface area contributed by atoms with E-state index in [1.165, 1.54) is 5.56 Å². The van der Waals surface area contributed by atoms with Gasteiger partial charge in [-0.1, -0.05) is 60.7 Å². The SMILES string of the molecule is CCOP(=O)(CCCCc1ccccc1)N(C)CC(=O)N1CCC[C@H]1C(=O)OCc1ccccc1. The average molecular weight is 501 g/mol. The van der Waals surface area contributed by atoms with Gasteiger partial charge in [-0.15, -0.1) is 0 Å². The molecule has 1 aliphatic rings. The Morgan fingerprint density at radius 3 is 2.34 bits per heavy atom. The smallest absolute Gasteiger partial charge is 0.329 e. The van der Waals surface area contributed by atoms with Crippen LogP contribution in [0.2, 0.25) is 0 Å². The summed E-state index contributed by atoms with van der Waals surface area (Å²) in [5.74, 6) is -0.618. The number of amides is 1. The predicted molar refractivity (Wildman–Crippen MR) is 137 cm³/mol. The second-order valence-electron chi connectivity index (χ2n) is 8.88. The van der Waals surface area contributed by atoms with Gasteiger partial charge in [-0.3, -0.25) is 9.36 Å². The molecule has 1 amide bonds. The molecule has 0 aliphatic carbocycles. The zero-order chi connectivity index (χ0) is 25.1. The van der Waals surface area contributed by atoms with E-state index in [4.69, 9.17) is 9.26 Å². The van der Waals surface area contributed by atoms with E-state index in [9.17, 15) is 14.2 Å². The number of hydrogen-bond acceptors (Lipinski definition) is 5. The van der Waals surface area contributed by atoms with E-state index < -0.39 is 19.5 Å². The highest BCUT2D eigenvalue weighted by molar-refractivity contribution is 7.56. The van der Waals surface area contributed by atoms with Crippen LogP contribution >= 0.6 is 7.52 Å². The summed E-state index contributed by atoms with van der Waals surface area (Å²) < 4.78 is 26.3. The summed E-state index contributed by atoms with van der Waals surface area (Å²) in [6, 6.07) is 19.1. The molecule has 0 N–H and O–H groups in total. The van der Waals surface area contributed by atoms with E-state index in [1.54, 1.807) is 16.6 Å². The first-order valence-corrected chi connectivity index (χ1v) is 14.2. The number of likely N-dealkylation sites (tertiary alicyclic amines) is 1. The first-order valence-electron chi connectivity index (χ1n) is 12.4. The molecule has 0 saturated carbocycles. The second-order valence-corrected chi connectivity index (χ2v) is 11.5. The lowest BCUT2D eigenvalue weighted by Crippen LogP contribution is -2.45. The molecular formula is C27H37N2O5P. The molecule has 1 unspecified atom stereocenters. The quantitative estimate of drug-likeness (QED) is 0.221. The lowest BCUT2D eigenvalue weighted by atomic mass is 10.1. The van der Waals surface area contributed by atoms with Gasteiger partial charge < -0.3 is 14.2 Å². The third-order valence-corrected chi connectivity index (χ3v) is 9.01. The summed E-state index contributed by atoms with van der Waals surface area (Å²) >= 11 is 0. The summed E-state index contributed by atoms with van der Waals surface area (Å²) in [5.41, 5.74) is 2.16. The van der Waals surface area contributed by atoms with Crippen LogP contribution in [0.15, 0.2) is 60.7 Å². The van der Waals surface area contributed by atoms with E-state index in [0.717, 1.165) is 31.2 Å². The van der Waals surface area contributed by atoms with Crippen molar-refractivity contribution in [2.75, 3.05) is 32.9 Å². The summed E-state index contributed by atoms with van der Waals surface area (Å²) in [7, 11) is -1.48. The molecule has 2 atom stereocenters. The van der Waals surface area contributed by atoms with Crippen molar-refractivity contribution in [3.05, 3.63) is 71.8 Å². The fourth-order valence-corrected chi connectivity index (χ4v) is 6.38. The predicted octanol–water partition coefficient (Wildman–Crippen LogP) is 4.91. The highest BCUT2D eigenvalue weighted by atomic mass is 31.2. The maximum atomic E-state index is 13.6. The lowest BCUT2D eigenvalue weighted by Gasteiger charge is -2.30. The third-order valence-electron chi connectivity index (χ3n) is 6.28. The molecule has 1 heterocycles. The van der Waals surface area contributed by atoms with E-state index in [-0.39, 0.29) is 19.1 Å². The van der Waals surface area contributed by atoms with Gasteiger partial charge in [0, 0.05) is 12.7 Å². The van der Waals surface area contributed by atoms with Gasteiger partial charge in [-0.25, -0.2) is 9.46 Å². The molecule has 0 radical (unpaired) electrons. The van der Waals surface area contributed by atoms with Crippen molar-refractivity contribution in [2.24, 2.45) is 0 Å². The summed E-state index contributed by atoms with van der Waals surface area (Å²) in [6.07, 6.45) is 4.25. The number of carbonyl (C=O) groups is 2. The number of rotatable bonds is 13. The number of carbonyl (C=O) groups excluding carboxylic acids is 2. The average Bonchev–Trinajstić information content (AvgIpc) is 3.37. The van der Waals surface area contributed by atoms with Crippen molar-refractivity contribution in [2.45, 2.75) is 51.7 Å². The fraction of sp³-hybridized carbons (Fsp3) is 0.481. The Morgan fingerprint density at radius 2 is 1.69 bits per heavy atom. The van der Waals surface area contributed by atoms with Crippen LogP contribution in [-0.2, 0) is 36.4 Å². The zero-order valence-electron chi connectivity index (χ0n) is 20.8. The van der Waals surface area contributed by atoms with Gasteiger partial charge in [0.15, 0.2) is 0 Å². The Morgan fingerprint density at radius 1 is 1.03 bits per heavy atom. The third kappa shape index (κ3) is 8.03. The summed E-state index contributed by atoms with van der Waals surface area (Å²) in [4.78, 5) is 27.4. The molecule has 2 aromatic rings. The van der Waals surface area contributed by atoms with E-state index >= 15 is 0 Å². The molecule has 3 rings (SSSR count). The summed E-state index contributed by atoms with van der Waals surface area (Å²) in [5, 5.41) is 0. The van der Waals surface area contributed by atoms with Gasteiger partial charge in [-0.05, 0) is 57.2 Å². The number of unbranched alkanes of at least 4 members (excludes halogenated alkanes) is 1. The maximum absolute atomic E-state index is 13.6. The maximum Gasteiger partial charge on any atom is 0.329 e. The second kappa shape index (κ2) is 13.6. The Labute approximate surface area is 208 Å². The molecular weight excluding hydrogens is 463 g/mol. The van der Waals surface area contributed by atoms with Crippen molar-refractivity contribution in [1.29, 1.82) is 0 Å². The normalized spacial score (nSPS) is 17.3. The Kier molecular flexibility index (Phi) is 10.5. The minimum atomic E-state index is -3.15. The Bertz CT molecular complexity index is 986. The number of ether oxygens (including phenoxy) is 1. The topological polar surface area (TPSA) is 76.2 Å². The van der Waals surface area contributed by atoms with Gasteiger partial charge in [0.05, 0.1) is 13.2 Å². The van der Waals surface area contributed by atoms with Gasteiger partial charge in [0.1, 0.15) is 12.6 Å². The number of hydrogen-bond donors (Lipinski definition) is 0.